The summed E-state index contributed by atoms with van der Waals surface area (Å²) < 4.78 is 5.19. The number of benzene rings is 1. The standard InChI is InChI=1S/C14H10N4O3/c1-9-8-10(5-6-12(9)18(19)20)14-16-13(17-21-14)11-4-2-3-7-15-11/h2-8H,1H3. The van der Waals surface area contributed by atoms with Crippen LogP contribution in [-0.2, 0) is 0 Å². The summed E-state index contributed by atoms with van der Waals surface area (Å²) in [5.74, 6) is 0.676. The molecule has 2 aromatic heterocycles. The minimum Gasteiger partial charge on any atom is -0.334 e. The maximum Gasteiger partial charge on any atom is 0.272 e. The lowest BCUT2D eigenvalue weighted by molar-refractivity contribution is -0.385. The zero-order valence-electron chi connectivity index (χ0n) is 11.1. The van der Waals surface area contributed by atoms with Crippen molar-refractivity contribution in [2.45, 2.75) is 6.92 Å². The zero-order chi connectivity index (χ0) is 14.8. The molecule has 0 fully saturated rings. The van der Waals surface area contributed by atoms with Crippen molar-refractivity contribution >= 4 is 5.69 Å². The Labute approximate surface area is 119 Å². The Hall–Kier alpha value is -3.09. The van der Waals surface area contributed by atoms with E-state index in [4.69, 9.17) is 4.52 Å². The number of pyridine rings is 1. The molecule has 0 N–H and O–H groups in total. The van der Waals surface area contributed by atoms with Crippen LogP contribution in [0.25, 0.3) is 23.0 Å². The maximum absolute atomic E-state index is 10.8. The number of rotatable bonds is 3. The van der Waals surface area contributed by atoms with Gasteiger partial charge >= 0.3 is 0 Å². The normalized spacial score (nSPS) is 10.5. The lowest BCUT2D eigenvalue weighted by atomic mass is 10.1. The molecule has 2 heterocycles. The van der Waals surface area contributed by atoms with Gasteiger partial charge in [-0.1, -0.05) is 11.2 Å². The van der Waals surface area contributed by atoms with Crippen molar-refractivity contribution in [3.8, 4) is 23.0 Å². The quantitative estimate of drug-likeness (QED) is 0.541. The first-order valence-corrected chi connectivity index (χ1v) is 6.15. The molecular weight excluding hydrogens is 272 g/mol. The van der Waals surface area contributed by atoms with Gasteiger partial charge in [0.05, 0.1) is 4.92 Å². The molecule has 1 aromatic carbocycles. The molecular formula is C14H10N4O3. The third-order valence-corrected chi connectivity index (χ3v) is 2.96. The summed E-state index contributed by atoms with van der Waals surface area (Å²) >= 11 is 0. The molecule has 0 amide bonds. The summed E-state index contributed by atoms with van der Waals surface area (Å²) in [6.07, 6.45) is 1.64. The van der Waals surface area contributed by atoms with Crippen LogP contribution >= 0.6 is 0 Å². The van der Waals surface area contributed by atoms with E-state index in [0.717, 1.165) is 0 Å². The predicted octanol–water partition coefficient (Wildman–Crippen LogP) is 3.02. The van der Waals surface area contributed by atoms with E-state index in [1.165, 1.54) is 6.07 Å². The summed E-state index contributed by atoms with van der Waals surface area (Å²) in [7, 11) is 0. The van der Waals surface area contributed by atoms with Gasteiger partial charge in [0.15, 0.2) is 0 Å². The highest BCUT2D eigenvalue weighted by molar-refractivity contribution is 5.61. The van der Waals surface area contributed by atoms with E-state index in [-0.39, 0.29) is 5.69 Å². The summed E-state index contributed by atoms with van der Waals surface area (Å²) in [6, 6.07) is 10.1. The molecule has 0 aliphatic heterocycles. The lowest BCUT2D eigenvalue weighted by Crippen LogP contribution is -1.92. The Morgan fingerprint density at radius 3 is 2.76 bits per heavy atom. The van der Waals surface area contributed by atoms with E-state index in [2.05, 4.69) is 15.1 Å². The van der Waals surface area contributed by atoms with Crippen LogP contribution in [0.2, 0.25) is 0 Å². The van der Waals surface area contributed by atoms with Gasteiger partial charge in [-0.15, -0.1) is 0 Å². The molecule has 3 aromatic rings. The first-order valence-electron chi connectivity index (χ1n) is 6.15. The minimum atomic E-state index is -0.424. The molecule has 0 aliphatic carbocycles. The summed E-state index contributed by atoms with van der Waals surface area (Å²) in [5, 5.41) is 14.7. The van der Waals surface area contributed by atoms with Gasteiger partial charge in [-0.25, -0.2) is 0 Å². The summed E-state index contributed by atoms with van der Waals surface area (Å²) in [4.78, 5) is 18.8. The molecule has 0 saturated carbocycles. The Morgan fingerprint density at radius 1 is 1.24 bits per heavy atom. The van der Waals surface area contributed by atoms with Gasteiger partial charge in [0.25, 0.3) is 11.6 Å². The summed E-state index contributed by atoms with van der Waals surface area (Å²) in [6.45, 7) is 1.66. The molecule has 0 spiro atoms. The number of nitrogens with zero attached hydrogens (tertiary/aromatic N) is 4. The Morgan fingerprint density at radius 2 is 2.10 bits per heavy atom. The third-order valence-electron chi connectivity index (χ3n) is 2.96. The van der Waals surface area contributed by atoms with Gasteiger partial charge < -0.3 is 4.52 Å². The van der Waals surface area contributed by atoms with E-state index in [1.54, 1.807) is 37.4 Å². The average molecular weight is 282 g/mol. The Bertz CT molecular complexity index is 799. The first kappa shape index (κ1) is 12.9. The highest BCUT2D eigenvalue weighted by Crippen LogP contribution is 2.26. The van der Waals surface area contributed by atoms with Crippen LogP contribution < -0.4 is 0 Å². The number of hydrogen-bond donors (Lipinski definition) is 0. The van der Waals surface area contributed by atoms with Crippen LogP contribution in [0.15, 0.2) is 47.1 Å². The number of aromatic nitrogens is 3. The number of nitro benzene ring substituents is 1. The zero-order valence-corrected chi connectivity index (χ0v) is 11.1. The van der Waals surface area contributed by atoms with E-state index in [0.29, 0.717) is 28.5 Å². The lowest BCUT2D eigenvalue weighted by Gasteiger charge is -1.98. The van der Waals surface area contributed by atoms with Crippen LogP contribution in [0, 0.1) is 17.0 Å². The van der Waals surface area contributed by atoms with Gasteiger partial charge in [-0.05, 0) is 31.2 Å². The second-order valence-corrected chi connectivity index (χ2v) is 4.40. The maximum atomic E-state index is 10.8. The van der Waals surface area contributed by atoms with Crippen molar-refractivity contribution in [3.05, 3.63) is 58.3 Å². The van der Waals surface area contributed by atoms with Gasteiger partial charge in [0, 0.05) is 23.4 Å². The van der Waals surface area contributed by atoms with Crippen molar-refractivity contribution in [2.24, 2.45) is 0 Å². The van der Waals surface area contributed by atoms with Crippen molar-refractivity contribution < 1.29 is 9.45 Å². The molecule has 0 saturated heterocycles. The van der Waals surface area contributed by atoms with Gasteiger partial charge in [0.1, 0.15) is 5.69 Å². The molecule has 7 nitrogen and oxygen atoms in total. The number of nitro groups is 1. The number of aryl methyl sites for hydroxylation is 1. The highest BCUT2D eigenvalue weighted by Gasteiger charge is 2.15. The van der Waals surface area contributed by atoms with Crippen LogP contribution in [0.1, 0.15) is 5.56 Å². The van der Waals surface area contributed by atoms with Crippen molar-refractivity contribution in [1.82, 2.24) is 15.1 Å². The largest absolute Gasteiger partial charge is 0.334 e. The molecule has 21 heavy (non-hydrogen) atoms. The number of hydrogen-bond acceptors (Lipinski definition) is 6. The van der Waals surface area contributed by atoms with Gasteiger partial charge in [-0.3, -0.25) is 15.1 Å². The Balaban J connectivity index is 1.97. The second kappa shape index (κ2) is 5.12. The molecule has 0 radical (unpaired) electrons. The first-order chi connectivity index (χ1) is 10.1. The average Bonchev–Trinajstić information content (AvgIpc) is 2.97. The summed E-state index contributed by atoms with van der Waals surface area (Å²) in [5.41, 5.74) is 1.83. The van der Waals surface area contributed by atoms with E-state index in [1.807, 2.05) is 6.07 Å². The molecule has 7 heteroatoms. The molecule has 0 bridgehead atoms. The second-order valence-electron chi connectivity index (χ2n) is 4.40. The monoisotopic (exact) mass is 282 g/mol. The van der Waals surface area contributed by atoms with Crippen LogP contribution in [0.4, 0.5) is 5.69 Å². The minimum absolute atomic E-state index is 0.0585. The SMILES string of the molecule is Cc1cc(-c2nc(-c3ccccn3)no2)ccc1[N+](=O)[O-]. The highest BCUT2D eigenvalue weighted by atomic mass is 16.6. The fraction of sp³-hybridized carbons (Fsp3) is 0.0714. The van der Waals surface area contributed by atoms with E-state index in [9.17, 15) is 10.1 Å². The smallest absolute Gasteiger partial charge is 0.272 e. The molecule has 0 atom stereocenters. The van der Waals surface area contributed by atoms with E-state index >= 15 is 0 Å². The van der Waals surface area contributed by atoms with Crippen molar-refractivity contribution in [2.75, 3.05) is 0 Å². The van der Waals surface area contributed by atoms with Crippen molar-refractivity contribution in [1.29, 1.82) is 0 Å². The third kappa shape index (κ3) is 2.48. The van der Waals surface area contributed by atoms with E-state index < -0.39 is 4.92 Å². The predicted molar refractivity (Wildman–Crippen MR) is 74.4 cm³/mol. The fourth-order valence-corrected chi connectivity index (χ4v) is 1.93. The molecule has 3 rings (SSSR count). The van der Waals surface area contributed by atoms with Gasteiger partial charge in [-0.2, -0.15) is 4.98 Å². The Kier molecular flexibility index (Phi) is 3.15. The van der Waals surface area contributed by atoms with Gasteiger partial charge in [0.2, 0.25) is 5.82 Å². The van der Waals surface area contributed by atoms with Crippen LogP contribution in [0.5, 0.6) is 0 Å². The van der Waals surface area contributed by atoms with Crippen molar-refractivity contribution in [3.63, 3.8) is 0 Å². The molecule has 104 valence electrons. The molecule has 0 unspecified atom stereocenters. The van der Waals surface area contributed by atoms with Crippen LogP contribution in [0.3, 0.4) is 0 Å². The molecule has 0 aliphatic rings. The fourth-order valence-electron chi connectivity index (χ4n) is 1.93. The topological polar surface area (TPSA) is 95.0 Å². The van der Waals surface area contributed by atoms with Crippen LogP contribution in [-0.4, -0.2) is 20.0 Å².